The smallest absolute Gasteiger partial charge is 0.339 e. The van der Waals surface area contributed by atoms with Crippen LogP contribution in [0.15, 0.2) is 47.4 Å². The summed E-state index contributed by atoms with van der Waals surface area (Å²) in [5.74, 6) is -0.666. The number of halogens is 1. The van der Waals surface area contributed by atoms with E-state index in [-0.39, 0.29) is 15.5 Å². The van der Waals surface area contributed by atoms with Gasteiger partial charge in [0.05, 0.1) is 22.6 Å². The van der Waals surface area contributed by atoms with Gasteiger partial charge in [0.25, 0.3) is 0 Å². The molecule has 0 atom stereocenters. The predicted molar refractivity (Wildman–Crippen MR) is 90.5 cm³/mol. The van der Waals surface area contributed by atoms with Gasteiger partial charge in [-0.15, -0.1) is 0 Å². The Labute approximate surface area is 145 Å². The fourth-order valence-electron chi connectivity index (χ4n) is 2.76. The van der Waals surface area contributed by atoms with Crippen LogP contribution in [0.3, 0.4) is 0 Å². The fraction of sp³-hybridized carbons (Fsp3) is 0.235. The molecule has 0 fully saturated rings. The summed E-state index contributed by atoms with van der Waals surface area (Å²) in [4.78, 5) is 11.8. The van der Waals surface area contributed by atoms with Crippen molar-refractivity contribution in [2.45, 2.75) is 17.9 Å². The summed E-state index contributed by atoms with van der Waals surface area (Å²) in [6, 6.07) is 11.9. The number of fused-ring (bicyclic) bond motifs is 1. The lowest BCUT2D eigenvalue weighted by Crippen LogP contribution is -2.36. The fourth-order valence-corrected chi connectivity index (χ4v) is 4.40. The number of hydrogen-bond acceptors (Lipinski definition) is 4. The monoisotopic (exact) mass is 365 g/mol. The van der Waals surface area contributed by atoms with Gasteiger partial charge in [-0.3, -0.25) is 0 Å². The first-order valence-corrected chi connectivity index (χ1v) is 9.20. The van der Waals surface area contributed by atoms with E-state index in [2.05, 4.69) is 4.74 Å². The zero-order valence-electron chi connectivity index (χ0n) is 13.0. The molecule has 0 spiro atoms. The molecule has 0 bridgehead atoms. The topological polar surface area (TPSA) is 63.7 Å². The van der Waals surface area contributed by atoms with E-state index in [1.54, 1.807) is 0 Å². The van der Waals surface area contributed by atoms with Gasteiger partial charge >= 0.3 is 5.97 Å². The van der Waals surface area contributed by atoms with E-state index in [0.717, 1.165) is 11.1 Å². The Morgan fingerprint density at radius 3 is 2.58 bits per heavy atom. The largest absolute Gasteiger partial charge is 0.465 e. The molecule has 7 heteroatoms. The summed E-state index contributed by atoms with van der Waals surface area (Å²) in [7, 11) is -2.50. The van der Waals surface area contributed by atoms with E-state index in [0.29, 0.717) is 19.5 Å². The molecular formula is C17H16ClNO4S. The first-order chi connectivity index (χ1) is 11.4. The van der Waals surface area contributed by atoms with Crippen LogP contribution in [0.4, 0.5) is 0 Å². The maximum absolute atomic E-state index is 12.9. The molecule has 2 aromatic carbocycles. The van der Waals surface area contributed by atoms with Crippen LogP contribution < -0.4 is 0 Å². The van der Waals surface area contributed by atoms with E-state index < -0.39 is 16.0 Å². The maximum Gasteiger partial charge on any atom is 0.339 e. The average Bonchev–Trinajstić information content (AvgIpc) is 2.60. The highest BCUT2D eigenvalue weighted by molar-refractivity contribution is 7.89. The minimum absolute atomic E-state index is 0.0340. The van der Waals surface area contributed by atoms with Crippen molar-refractivity contribution in [2.24, 2.45) is 0 Å². The Morgan fingerprint density at radius 1 is 1.17 bits per heavy atom. The van der Waals surface area contributed by atoms with Crippen LogP contribution in [-0.4, -0.2) is 32.3 Å². The van der Waals surface area contributed by atoms with Crippen molar-refractivity contribution in [3.05, 3.63) is 64.2 Å². The second kappa shape index (κ2) is 6.55. The van der Waals surface area contributed by atoms with Crippen LogP contribution in [-0.2, 0) is 27.7 Å². The number of hydrogen-bond donors (Lipinski definition) is 0. The van der Waals surface area contributed by atoms with E-state index >= 15 is 0 Å². The highest BCUT2D eigenvalue weighted by atomic mass is 35.5. The SMILES string of the molecule is COC(=O)c1cc(S(=O)(=O)N2CCc3ccccc3C2)ccc1Cl. The highest BCUT2D eigenvalue weighted by Crippen LogP contribution is 2.27. The molecule has 0 saturated heterocycles. The molecule has 3 rings (SSSR count). The van der Waals surface area contributed by atoms with Gasteiger partial charge < -0.3 is 4.74 Å². The van der Waals surface area contributed by atoms with Crippen LogP contribution in [0.5, 0.6) is 0 Å². The number of benzene rings is 2. The normalized spacial score (nSPS) is 14.9. The van der Waals surface area contributed by atoms with E-state index in [1.807, 2.05) is 24.3 Å². The quantitative estimate of drug-likeness (QED) is 0.784. The number of nitrogens with zero attached hydrogens (tertiary/aromatic N) is 1. The third-order valence-corrected chi connectivity index (χ3v) is 6.25. The number of methoxy groups -OCH3 is 1. The molecular weight excluding hydrogens is 350 g/mol. The van der Waals surface area contributed by atoms with Crippen LogP contribution in [0.1, 0.15) is 21.5 Å². The molecule has 0 unspecified atom stereocenters. The van der Waals surface area contributed by atoms with Gasteiger partial charge in [0.1, 0.15) is 0 Å². The number of ether oxygens (including phenoxy) is 1. The standard InChI is InChI=1S/C17H16ClNO4S/c1-23-17(20)15-10-14(6-7-16(15)18)24(21,22)19-9-8-12-4-2-3-5-13(12)11-19/h2-7,10H,8-9,11H2,1H3. The summed E-state index contributed by atoms with van der Waals surface area (Å²) in [6.07, 6.45) is 0.660. The van der Waals surface area contributed by atoms with Crippen LogP contribution in [0, 0.1) is 0 Å². The molecule has 0 amide bonds. The summed E-state index contributed by atoms with van der Waals surface area (Å²) in [6.45, 7) is 0.713. The Kier molecular flexibility index (Phi) is 4.62. The molecule has 0 N–H and O–H groups in total. The first-order valence-electron chi connectivity index (χ1n) is 7.38. The summed E-state index contributed by atoms with van der Waals surface area (Å²) in [5.41, 5.74) is 2.20. The van der Waals surface area contributed by atoms with Gasteiger partial charge in [-0.1, -0.05) is 35.9 Å². The lowest BCUT2D eigenvalue weighted by Gasteiger charge is -2.28. The molecule has 0 aromatic heterocycles. The van der Waals surface area contributed by atoms with Crippen molar-refractivity contribution < 1.29 is 17.9 Å². The average molecular weight is 366 g/mol. The van der Waals surface area contributed by atoms with Gasteiger partial charge in [0, 0.05) is 13.1 Å². The number of esters is 1. The minimum atomic E-state index is -3.72. The Hall–Kier alpha value is -1.89. The summed E-state index contributed by atoms with van der Waals surface area (Å²) >= 11 is 5.96. The van der Waals surface area contributed by atoms with Crippen molar-refractivity contribution in [3.8, 4) is 0 Å². The summed E-state index contributed by atoms with van der Waals surface area (Å²) in [5, 5.41) is 0.157. The van der Waals surface area contributed by atoms with Crippen molar-refractivity contribution in [1.29, 1.82) is 0 Å². The molecule has 0 saturated carbocycles. The number of rotatable bonds is 3. The number of carbonyl (C=O) groups excluding carboxylic acids is 1. The first kappa shape index (κ1) is 17.0. The molecule has 0 aliphatic carbocycles. The minimum Gasteiger partial charge on any atom is -0.465 e. The molecule has 1 aliphatic heterocycles. The second-order valence-corrected chi connectivity index (χ2v) is 7.84. The van der Waals surface area contributed by atoms with E-state index in [9.17, 15) is 13.2 Å². The molecule has 126 valence electrons. The van der Waals surface area contributed by atoms with E-state index in [4.69, 9.17) is 11.6 Å². The van der Waals surface area contributed by atoms with Crippen LogP contribution >= 0.6 is 11.6 Å². The third kappa shape index (κ3) is 3.05. The third-order valence-electron chi connectivity index (χ3n) is 4.08. The zero-order valence-corrected chi connectivity index (χ0v) is 14.6. The van der Waals surface area contributed by atoms with Crippen molar-refractivity contribution in [1.82, 2.24) is 4.31 Å². The Bertz CT molecular complexity index is 895. The van der Waals surface area contributed by atoms with Crippen molar-refractivity contribution in [2.75, 3.05) is 13.7 Å². The maximum atomic E-state index is 12.9. The Balaban J connectivity index is 1.96. The molecule has 0 radical (unpaired) electrons. The molecule has 5 nitrogen and oxygen atoms in total. The van der Waals surface area contributed by atoms with Gasteiger partial charge in [-0.25, -0.2) is 13.2 Å². The molecule has 1 heterocycles. The highest BCUT2D eigenvalue weighted by Gasteiger charge is 2.29. The van der Waals surface area contributed by atoms with Gasteiger partial charge in [0.2, 0.25) is 10.0 Å². The summed E-state index contributed by atoms with van der Waals surface area (Å²) < 4.78 is 31.9. The van der Waals surface area contributed by atoms with Gasteiger partial charge in [-0.2, -0.15) is 4.31 Å². The van der Waals surface area contributed by atoms with Gasteiger partial charge in [0.15, 0.2) is 0 Å². The predicted octanol–water partition coefficient (Wildman–Crippen LogP) is 2.87. The Morgan fingerprint density at radius 2 is 1.88 bits per heavy atom. The lowest BCUT2D eigenvalue weighted by atomic mass is 10.0. The molecule has 2 aromatic rings. The van der Waals surface area contributed by atoms with Crippen LogP contribution in [0.2, 0.25) is 5.02 Å². The molecule has 1 aliphatic rings. The van der Waals surface area contributed by atoms with Crippen molar-refractivity contribution >= 4 is 27.6 Å². The number of sulfonamides is 1. The van der Waals surface area contributed by atoms with E-state index in [1.165, 1.54) is 29.6 Å². The van der Waals surface area contributed by atoms with Crippen molar-refractivity contribution in [3.63, 3.8) is 0 Å². The number of carbonyl (C=O) groups is 1. The lowest BCUT2D eigenvalue weighted by molar-refractivity contribution is 0.0600. The van der Waals surface area contributed by atoms with Gasteiger partial charge in [-0.05, 0) is 35.7 Å². The molecule has 24 heavy (non-hydrogen) atoms. The zero-order chi connectivity index (χ0) is 17.3. The van der Waals surface area contributed by atoms with Crippen LogP contribution in [0.25, 0.3) is 0 Å². The second-order valence-electron chi connectivity index (χ2n) is 5.49.